The first-order valence-corrected chi connectivity index (χ1v) is 11.5. The second kappa shape index (κ2) is 13.2. The number of carbonyl (C=O) groups excluding carboxylic acids is 2. The SMILES string of the molecule is O=C(O)C(F)(F)F.O=C(O)C(F)(F)F.O=C(c1ccncc1)N1CCCC2(CCN(Cc3ccncc3)C2=O)C1. The number of amides is 2. The van der Waals surface area contributed by atoms with Crippen LogP contribution in [0.5, 0.6) is 0 Å². The Hall–Kier alpha value is -4.24. The molecule has 1 unspecified atom stereocenters. The van der Waals surface area contributed by atoms with Gasteiger partial charge in [-0.25, -0.2) is 9.59 Å². The maximum Gasteiger partial charge on any atom is 0.490 e. The Morgan fingerprint density at radius 2 is 1.30 bits per heavy atom. The third kappa shape index (κ3) is 8.91. The highest BCUT2D eigenvalue weighted by Crippen LogP contribution is 2.41. The summed E-state index contributed by atoms with van der Waals surface area (Å²) in [7, 11) is 0. The fourth-order valence-electron chi connectivity index (χ4n) is 4.11. The van der Waals surface area contributed by atoms with Crippen LogP contribution in [0.2, 0.25) is 0 Å². The molecule has 2 fully saturated rings. The van der Waals surface area contributed by atoms with E-state index in [1.807, 2.05) is 21.9 Å². The first-order chi connectivity index (χ1) is 18.6. The Balaban J connectivity index is 0.000000333. The molecule has 0 aliphatic carbocycles. The maximum atomic E-state index is 13.2. The fraction of sp³-hybridized carbons (Fsp3) is 0.417. The first-order valence-electron chi connectivity index (χ1n) is 11.5. The van der Waals surface area contributed by atoms with Crippen molar-refractivity contribution in [2.75, 3.05) is 19.6 Å². The fourth-order valence-corrected chi connectivity index (χ4v) is 4.11. The lowest BCUT2D eigenvalue weighted by atomic mass is 9.78. The van der Waals surface area contributed by atoms with Gasteiger partial charge in [0.15, 0.2) is 0 Å². The standard InChI is InChI=1S/C20H22N4O2.2C2HF3O2/c25-18(17-4-10-22-11-5-17)24-12-1-6-20(15-24)7-13-23(19(20)26)14-16-2-8-21-9-3-16;2*3-2(4,5)1(6)7/h2-5,8-11H,1,6-7,12-15H2;2*(H,6,7). The number of carboxylic acid groups (broad SMARTS) is 2. The summed E-state index contributed by atoms with van der Waals surface area (Å²) >= 11 is 0. The molecule has 40 heavy (non-hydrogen) atoms. The average molecular weight is 578 g/mol. The molecular weight excluding hydrogens is 554 g/mol. The average Bonchev–Trinajstić information content (AvgIpc) is 3.18. The molecule has 16 heteroatoms. The minimum Gasteiger partial charge on any atom is -0.475 e. The van der Waals surface area contributed by atoms with E-state index in [0.29, 0.717) is 25.2 Å². The van der Waals surface area contributed by atoms with Gasteiger partial charge in [-0.1, -0.05) is 0 Å². The first kappa shape index (κ1) is 32.0. The van der Waals surface area contributed by atoms with Gasteiger partial charge in [-0.3, -0.25) is 19.6 Å². The van der Waals surface area contributed by atoms with Crippen molar-refractivity contribution in [2.24, 2.45) is 5.41 Å². The number of hydrogen-bond donors (Lipinski definition) is 2. The number of pyridine rings is 2. The number of carboxylic acids is 2. The van der Waals surface area contributed by atoms with Crippen LogP contribution in [0.1, 0.15) is 35.2 Å². The summed E-state index contributed by atoms with van der Waals surface area (Å²) in [5, 5.41) is 14.2. The summed E-state index contributed by atoms with van der Waals surface area (Å²) < 4.78 is 63.5. The summed E-state index contributed by atoms with van der Waals surface area (Å²) in [6.07, 6.45) is -0.863. The number of piperidine rings is 1. The number of rotatable bonds is 3. The number of aromatic nitrogens is 2. The van der Waals surface area contributed by atoms with E-state index in [0.717, 1.165) is 31.4 Å². The predicted octanol–water partition coefficient (Wildman–Crippen LogP) is 3.40. The summed E-state index contributed by atoms with van der Waals surface area (Å²) in [4.78, 5) is 55.5. The van der Waals surface area contributed by atoms with Crippen molar-refractivity contribution in [2.45, 2.75) is 38.2 Å². The number of hydrogen-bond acceptors (Lipinski definition) is 6. The zero-order chi connectivity index (χ0) is 30.1. The van der Waals surface area contributed by atoms with E-state index in [1.165, 1.54) is 0 Å². The van der Waals surface area contributed by atoms with Crippen molar-refractivity contribution >= 4 is 23.8 Å². The molecule has 2 saturated heterocycles. The number of alkyl halides is 6. The lowest BCUT2D eigenvalue weighted by Gasteiger charge is -2.39. The molecule has 4 heterocycles. The number of nitrogens with zero attached hydrogens (tertiary/aromatic N) is 4. The van der Waals surface area contributed by atoms with E-state index in [-0.39, 0.29) is 11.8 Å². The quantitative estimate of drug-likeness (QED) is 0.528. The molecule has 1 spiro atoms. The molecule has 218 valence electrons. The Kier molecular flexibility index (Phi) is 10.6. The molecule has 0 saturated carbocycles. The van der Waals surface area contributed by atoms with E-state index < -0.39 is 29.7 Å². The minimum atomic E-state index is -5.08. The largest absolute Gasteiger partial charge is 0.490 e. The molecule has 2 amide bonds. The van der Waals surface area contributed by atoms with Gasteiger partial charge in [0.05, 0.1) is 5.41 Å². The zero-order valence-corrected chi connectivity index (χ0v) is 20.7. The minimum absolute atomic E-state index is 0.00754. The van der Waals surface area contributed by atoms with Crippen LogP contribution in [0.3, 0.4) is 0 Å². The van der Waals surface area contributed by atoms with Gasteiger partial charge in [0, 0.05) is 56.5 Å². The zero-order valence-electron chi connectivity index (χ0n) is 20.7. The number of aliphatic carboxylic acids is 2. The van der Waals surface area contributed by atoms with Crippen LogP contribution in [-0.4, -0.2) is 85.7 Å². The second-order valence-electron chi connectivity index (χ2n) is 8.78. The molecular formula is C24H24F6N4O6. The van der Waals surface area contributed by atoms with Crippen molar-refractivity contribution in [1.29, 1.82) is 0 Å². The van der Waals surface area contributed by atoms with Crippen LogP contribution in [0.4, 0.5) is 26.3 Å². The molecule has 2 aliphatic rings. The molecule has 2 aromatic heterocycles. The third-order valence-corrected chi connectivity index (χ3v) is 6.00. The second-order valence-corrected chi connectivity index (χ2v) is 8.78. The maximum absolute atomic E-state index is 13.2. The Labute approximate surface area is 223 Å². The van der Waals surface area contributed by atoms with E-state index in [2.05, 4.69) is 9.97 Å². The number of carbonyl (C=O) groups is 4. The summed E-state index contributed by atoms with van der Waals surface area (Å²) in [6.45, 7) is 2.58. The van der Waals surface area contributed by atoms with Crippen LogP contribution in [-0.2, 0) is 20.9 Å². The molecule has 0 bridgehead atoms. The van der Waals surface area contributed by atoms with Gasteiger partial charge in [-0.05, 0) is 49.1 Å². The van der Waals surface area contributed by atoms with Crippen molar-refractivity contribution in [1.82, 2.24) is 19.8 Å². The van der Waals surface area contributed by atoms with Gasteiger partial charge >= 0.3 is 24.3 Å². The molecule has 2 aliphatic heterocycles. The Morgan fingerprint density at radius 3 is 1.77 bits per heavy atom. The monoisotopic (exact) mass is 578 g/mol. The van der Waals surface area contributed by atoms with Crippen molar-refractivity contribution in [3.63, 3.8) is 0 Å². The van der Waals surface area contributed by atoms with E-state index >= 15 is 0 Å². The van der Waals surface area contributed by atoms with E-state index in [1.54, 1.807) is 36.9 Å². The molecule has 10 nitrogen and oxygen atoms in total. The van der Waals surface area contributed by atoms with Crippen LogP contribution < -0.4 is 0 Å². The third-order valence-electron chi connectivity index (χ3n) is 6.00. The van der Waals surface area contributed by atoms with Gasteiger partial charge < -0.3 is 20.0 Å². The van der Waals surface area contributed by atoms with E-state index in [9.17, 15) is 35.9 Å². The van der Waals surface area contributed by atoms with Gasteiger partial charge in [0.25, 0.3) is 5.91 Å². The lowest BCUT2D eigenvalue weighted by Crippen LogP contribution is -2.49. The van der Waals surface area contributed by atoms with Gasteiger partial charge in [-0.15, -0.1) is 0 Å². The molecule has 4 rings (SSSR count). The Morgan fingerprint density at radius 1 is 0.825 bits per heavy atom. The highest BCUT2D eigenvalue weighted by molar-refractivity contribution is 5.95. The Bertz CT molecular complexity index is 1160. The normalized spacial score (nSPS) is 18.8. The molecule has 1 atom stereocenters. The number of halogens is 6. The molecule has 0 radical (unpaired) electrons. The van der Waals surface area contributed by atoms with Crippen molar-refractivity contribution in [3.8, 4) is 0 Å². The molecule has 2 N–H and O–H groups in total. The topological polar surface area (TPSA) is 141 Å². The summed E-state index contributed by atoms with van der Waals surface area (Å²) in [5.74, 6) is -5.34. The van der Waals surface area contributed by atoms with Crippen molar-refractivity contribution in [3.05, 3.63) is 60.2 Å². The molecule has 2 aromatic rings. The summed E-state index contributed by atoms with van der Waals surface area (Å²) in [6, 6.07) is 7.35. The van der Waals surface area contributed by atoms with Crippen LogP contribution in [0.25, 0.3) is 0 Å². The van der Waals surface area contributed by atoms with Crippen LogP contribution in [0.15, 0.2) is 49.1 Å². The van der Waals surface area contributed by atoms with Crippen molar-refractivity contribution < 1.29 is 55.7 Å². The smallest absolute Gasteiger partial charge is 0.475 e. The van der Waals surface area contributed by atoms with Crippen LogP contribution >= 0.6 is 0 Å². The van der Waals surface area contributed by atoms with E-state index in [4.69, 9.17) is 19.8 Å². The van der Waals surface area contributed by atoms with Crippen LogP contribution in [0, 0.1) is 5.41 Å². The summed E-state index contributed by atoms with van der Waals surface area (Å²) in [5.41, 5.74) is 1.30. The highest BCUT2D eigenvalue weighted by Gasteiger charge is 2.49. The van der Waals surface area contributed by atoms with Gasteiger partial charge in [0.1, 0.15) is 0 Å². The lowest BCUT2D eigenvalue weighted by molar-refractivity contribution is -0.193. The highest BCUT2D eigenvalue weighted by atomic mass is 19.4. The van der Waals surface area contributed by atoms with Gasteiger partial charge in [-0.2, -0.15) is 26.3 Å². The molecule has 0 aromatic carbocycles. The number of likely N-dealkylation sites (tertiary alicyclic amines) is 2. The van der Waals surface area contributed by atoms with Gasteiger partial charge in [0.2, 0.25) is 5.91 Å². The predicted molar refractivity (Wildman–Crippen MR) is 123 cm³/mol.